The van der Waals surface area contributed by atoms with Crippen LogP contribution in [0.3, 0.4) is 0 Å². The number of aryl methyl sites for hydroxylation is 2. The van der Waals surface area contributed by atoms with Crippen molar-refractivity contribution in [1.82, 2.24) is 5.32 Å². The summed E-state index contributed by atoms with van der Waals surface area (Å²) in [5, 5.41) is 3.51. The van der Waals surface area contributed by atoms with Crippen LogP contribution in [0.25, 0.3) is 0 Å². The second-order valence-corrected chi connectivity index (χ2v) is 4.74. The van der Waals surface area contributed by atoms with E-state index in [9.17, 15) is 0 Å². The van der Waals surface area contributed by atoms with E-state index < -0.39 is 0 Å². The van der Waals surface area contributed by atoms with Crippen molar-refractivity contribution in [2.45, 2.75) is 46.8 Å². The molecule has 1 aromatic rings. The van der Waals surface area contributed by atoms with E-state index >= 15 is 0 Å². The maximum Gasteiger partial charge on any atom is 0.128 e. The number of likely N-dealkylation sites (N-methyl/N-ethyl adjacent to an activating group) is 1. The molecule has 1 aromatic carbocycles. The van der Waals surface area contributed by atoms with Crippen LogP contribution in [0, 0.1) is 20.8 Å². The van der Waals surface area contributed by atoms with Gasteiger partial charge in [0, 0.05) is 5.56 Å². The molecule has 1 aliphatic rings. The molecule has 2 nitrogen and oxygen atoms in total. The van der Waals surface area contributed by atoms with Gasteiger partial charge >= 0.3 is 0 Å². The lowest BCUT2D eigenvalue weighted by Gasteiger charge is -2.16. The van der Waals surface area contributed by atoms with Gasteiger partial charge in [0.2, 0.25) is 0 Å². The fourth-order valence-corrected chi connectivity index (χ4v) is 2.59. The Kier molecular flexibility index (Phi) is 2.94. The Balaban J connectivity index is 2.53. The highest BCUT2D eigenvalue weighted by Gasteiger charge is 2.33. The fraction of sp³-hybridized carbons (Fsp3) is 0.571. The van der Waals surface area contributed by atoms with Crippen molar-refractivity contribution in [3.8, 4) is 5.75 Å². The number of benzene rings is 1. The highest BCUT2D eigenvalue weighted by molar-refractivity contribution is 5.53. The maximum atomic E-state index is 6.00. The van der Waals surface area contributed by atoms with Gasteiger partial charge in [-0.15, -0.1) is 0 Å². The summed E-state index contributed by atoms with van der Waals surface area (Å²) in [6, 6.07) is 2.61. The molecule has 0 amide bonds. The molecular formula is C14H21NO. The third-order valence-corrected chi connectivity index (χ3v) is 3.54. The molecule has 2 heteroatoms. The molecule has 2 rings (SSSR count). The highest BCUT2D eigenvalue weighted by atomic mass is 16.5. The molecule has 2 atom stereocenters. The summed E-state index contributed by atoms with van der Waals surface area (Å²) in [5.74, 6) is 1.11. The molecule has 0 saturated carbocycles. The van der Waals surface area contributed by atoms with Gasteiger partial charge in [-0.3, -0.25) is 0 Å². The van der Waals surface area contributed by atoms with E-state index in [2.05, 4.69) is 46.0 Å². The van der Waals surface area contributed by atoms with Gasteiger partial charge < -0.3 is 10.1 Å². The molecule has 88 valence electrons. The van der Waals surface area contributed by atoms with Crippen molar-refractivity contribution in [3.05, 3.63) is 28.3 Å². The Bertz CT molecular complexity index is 412. The summed E-state index contributed by atoms with van der Waals surface area (Å²) in [7, 11) is 0. The molecule has 0 radical (unpaired) electrons. The van der Waals surface area contributed by atoms with E-state index in [4.69, 9.17) is 4.74 Å². The van der Waals surface area contributed by atoms with Crippen molar-refractivity contribution in [3.63, 3.8) is 0 Å². The van der Waals surface area contributed by atoms with Crippen LogP contribution in [0.1, 0.15) is 42.1 Å². The predicted molar refractivity (Wildman–Crippen MR) is 67.2 cm³/mol. The molecule has 0 aliphatic carbocycles. The van der Waals surface area contributed by atoms with Crippen molar-refractivity contribution in [2.24, 2.45) is 0 Å². The average molecular weight is 219 g/mol. The van der Waals surface area contributed by atoms with Crippen LogP contribution in [-0.2, 0) is 0 Å². The number of hydrogen-bond acceptors (Lipinski definition) is 2. The van der Waals surface area contributed by atoms with Gasteiger partial charge in [-0.1, -0.05) is 13.0 Å². The molecule has 1 N–H and O–H groups in total. The third kappa shape index (κ3) is 1.61. The van der Waals surface area contributed by atoms with Crippen LogP contribution >= 0.6 is 0 Å². The molecule has 2 unspecified atom stereocenters. The lowest BCUT2D eigenvalue weighted by molar-refractivity contribution is 0.210. The van der Waals surface area contributed by atoms with E-state index in [1.54, 1.807) is 0 Å². The van der Waals surface area contributed by atoms with Gasteiger partial charge in [-0.2, -0.15) is 0 Å². The fourth-order valence-electron chi connectivity index (χ4n) is 2.59. The predicted octanol–water partition coefficient (Wildman–Crippen LogP) is 3.04. The van der Waals surface area contributed by atoms with Crippen molar-refractivity contribution in [1.29, 1.82) is 0 Å². The topological polar surface area (TPSA) is 21.3 Å². The summed E-state index contributed by atoms with van der Waals surface area (Å²) in [5.41, 5.74) is 5.30. The summed E-state index contributed by atoms with van der Waals surface area (Å²) in [4.78, 5) is 0. The van der Waals surface area contributed by atoms with E-state index in [0.717, 1.165) is 12.3 Å². The van der Waals surface area contributed by atoms with Gasteiger partial charge in [-0.05, 0) is 50.9 Å². The van der Waals surface area contributed by atoms with E-state index in [-0.39, 0.29) is 6.10 Å². The summed E-state index contributed by atoms with van der Waals surface area (Å²) < 4.78 is 6.00. The van der Waals surface area contributed by atoms with Gasteiger partial charge in [-0.25, -0.2) is 0 Å². The second-order valence-electron chi connectivity index (χ2n) is 4.74. The van der Waals surface area contributed by atoms with E-state index in [0.29, 0.717) is 6.04 Å². The monoisotopic (exact) mass is 219 g/mol. The molecule has 0 fully saturated rings. The zero-order valence-electron chi connectivity index (χ0n) is 10.8. The van der Waals surface area contributed by atoms with E-state index in [1.807, 2.05) is 0 Å². The number of nitrogens with one attached hydrogen (secondary N) is 1. The maximum absolute atomic E-state index is 6.00. The van der Waals surface area contributed by atoms with Gasteiger partial charge in [0.1, 0.15) is 11.9 Å². The Morgan fingerprint density at radius 1 is 1.25 bits per heavy atom. The summed E-state index contributed by atoms with van der Waals surface area (Å²) >= 11 is 0. The van der Waals surface area contributed by atoms with Crippen LogP contribution in [0.4, 0.5) is 0 Å². The number of hydrogen-bond donors (Lipinski definition) is 1. The van der Waals surface area contributed by atoms with Crippen molar-refractivity contribution in [2.75, 3.05) is 6.54 Å². The first-order chi connectivity index (χ1) is 7.56. The van der Waals surface area contributed by atoms with Gasteiger partial charge in [0.15, 0.2) is 0 Å². The minimum absolute atomic E-state index is 0.231. The zero-order valence-corrected chi connectivity index (χ0v) is 10.8. The van der Waals surface area contributed by atoms with Crippen molar-refractivity contribution >= 4 is 0 Å². The largest absolute Gasteiger partial charge is 0.488 e. The quantitative estimate of drug-likeness (QED) is 0.825. The van der Waals surface area contributed by atoms with Gasteiger partial charge in [0.25, 0.3) is 0 Å². The Labute approximate surface area is 98.0 Å². The lowest BCUT2D eigenvalue weighted by Crippen LogP contribution is -2.28. The number of rotatable bonds is 2. The second kappa shape index (κ2) is 4.10. The van der Waals surface area contributed by atoms with E-state index in [1.165, 1.54) is 22.3 Å². The number of ether oxygens (including phenoxy) is 1. The van der Waals surface area contributed by atoms with Crippen LogP contribution in [0.5, 0.6) is 5.75 Å². The Morgan fingerprint density at radius 3 is 2.56 bits per heavy atom. The zero-order chi connectivity index (χ0) is 11.9. The highest BCUT2D eigenvalue weighted by Crippen LogP contribution is 2.42. The normalized spacial score (nSPS) is 23.1. The lowest BCUT2D eigenvalue weighted by atomic mass is 9.94. The first-order valence-electron chi connectivity index (χ1n) is 6.07. The SMILES string of the molecule is CCNC1c2c(C)cc(C)c(C)c2OC1C. The Morgan fingerprint density at radius 2 is 1.94 bits per heavy atom. The molecule has 0 bridgehead atoms. The molecule has 1 aliphatic heterocycles. The molecule has 0 spiro atoms. The smallest absolute Gasteiger partial charge is 0.128 e. The molecule has 16 heavy (non-hydrogen) atoms. The minimum atomic E-state index is 0.231. The summed E-state index contributed by atoms with van der Waals surface area (Å²) in [6.07, 6.45) is 0.231. The molecule has 1 heterocycles. The first kappa shape index (κ1) is 11.5. The minimum Gasteiger partial charge on any atom is -0.488 e. The van der Waals surface area contributed by atoms with Crippen LogP contribution < -0.4 is 10.1 Å². The number of fused-ring (bicyclic) bond motifs is 1. The van der Waals surface area contributed by atoms with Gasteiger partial charge in [0.05, 0.1) is 6.04 Å². The van der Waals surface area contributed by atoms with Crippen LogP contribution in [0.2, 0.25) is 0 Å². The first-order valence-corrected chi connectivity index (χ1v) is 6.07. The van der Waals surface area contributed by atoms with Crippen LogP contribution in [0.15, 0.2) is 6.07 Å². The van der Waals surface area contributed by atoms with Crippen molar-refractivity contribution < 1.29 is 4.74 Å². The van der Waals surface area contributed by atoms with Crippen LogP contribution in [-0.4, -0.2) is 12.6 Å². The summed E-state index contributed by atoms with van der Waals surface area (Å²) in [6.45, 7) is 11.7. The average Bonchev–Trinajstić information content (AvgIpc) is 2.54. The molecule has 0 saturated heterocycles. The Hall–Kier alpha value is -1.02. The standard InChI is InChI=1S/C14H21NO/c1-6-15-13-11(5)16-14-10(4)8(2)7-9(3)12(13)14/h7,11,13,15H,6H2,1-5H3. The molecule has 0 aromatic heterocycles. The molecular weight excluding hydrogens is 198 g/mol. The third-order valence-electron chi connectivity index (χ3n) is 3.54.